The van der Waals surface area contributed by atoms with Crippen LogP contribution in [0.1, 0.15) is 43.8 Å². The molecule has 0 bridgehead atoms. The van der Waals surface area contributed by atoms with Gasteiger partial charge in [0.2, 0.25) is 5.16 Å². The lowest BCUT2D eigenvalue weighted by Crippen LogP contribution is -2.20. The molecule has 1 aliphatic carbocycles. The minimum absolute atomic E-state index is 0.0164. The molecule has 0 radical (unpaired) electrons. The van der Waals surface area contributed by atoms with Crippen molar-refractivity contribution in [2.24, 2.45) is 0 Å². The second kappa shape index (κ2) is 7.32. The van der Waals surface area contributed by atoms with Gasteiger partial charge in [-0.15, -0.1) is 5.10 Å². The smallest absolute Gasteiger partial charge is 0.209 e. The van der Waals surface area contributed by atoms with Gasteiger partial charge >= 0.3 is 0 Å². The molecule has 1 saturated carbocycles. The molecule has 6 nitrogen and oxygen atoms in total. The predicted molar refractivity (Wildman–Crippen MR) is 101 cm³/mol. The average Bonchev–Trinajstić information content (AvgIpc) is 3.17. The molecule has 26 heavy (non-hydrogen) atoms. The number of hydrogen-bond donors (Lipinski definition) is 1. The molecule has 0 amide bonds. The molecular formula is C18H23N3O3S2. The second-order valence-corrected chi connectivity index (χ2v) is 10.5. The van der Waals surface area contributed by atoms with Gasteiger partial charge in [0.1, 0.15) is 5.82 Å². The fraction of sp³-hybridized carbons (Fsp3) is 0.556. The van der Waals surface area contributed by atoms with Gasteiger partial charge in [-0.05, 0) is 25.0 Å². The summed E-state index contributed by atoms with van der Waals surface area (Å²) in [6.07, 6.45) is 5.03. The largest absolute Gasteiger partial charge is 0.391 e. The van der Waals surface area contributed by atoms with Gasteiger partial charge in [-0.1, -0.05) is 49.2 Å². The molecule has 1 aliphatic heterocycles. The first-order valence-corrected chi connectivity index (χ1v) is 11.8. The zero-order chi connectivity index (χ0) is 18.1. The van der Waals surface area contributed by atoms with E-state index in [1.165, 1.54) is 31.0 Å². The Morgan fingerprint density at radius 2 is 1.81 bits per heavy atom. The van der Waals surface area contributed by atoms with Crippen molar-refractivity contribution in [3.8, 4) is 5.69 Å². The van der Waals surface area contributed by atoms with E-state index in [1.54, 1.807) is 0 Å². The fourth-order valence-electron chi connectivity index (χ4n) is 3.78. The van der Waals surface area contributed by atoms with Gasteiger partial charge in [-0.3, -0.25) is 0 Å². The van der Waals surface area contributed by atoms with Crippen LogP contribution in [0.15, 0.2) is 35.5 Å². The standard InChI is InChI=1S/C18H23N3O3S2/c22-15-11-26(23,24)12-16(15)25-18-19-17(13-7-3-1-4-8-13)21(20-18)14-9-5-2-6-10-14/h2,5-6,9-10,13,15-16,22H,1,3-4,7-8,11-12H2/t15-,16+/m1/s1. The summed E-state index contributed by atoms with van der Waals surface area (Å²) in [6.45, 7) is 0. The minimum atomic E-state index is -3.17. The maximum Gasteiger partial charge on any atom is 0.209 e. The van der Waals surface area contributed by atoms with Gasteiger partial charge in [0.25, 0.3) is 0 Å². The molecule has 1 aromatic carbocycles. The SMILES string of the molecule is O=S1(=O)C[C@@H](O)[C@@H](Sc2nc(C3CCCCC3)n(-c3ccccc3)n2)C1. The van der Waals surface area contributed by atoms with E-state index >= 15 is 0 Å². The highest BCUT2D eigenvalue weighted by atomic mass is 32.2. The molecule has 2 atom stereocenters. The molecule has 2 aromatic rings. The third kappa shape index (κ3) is 3.82. The highest BCUT2D eigenvalue weighted by Crippen LogP contribution is 2.35. The molecule has 2 aliphatic rings. The minimum Gasteiger partial charge on any atom is -0.391 e. The van der Waals surface area contributed by atoms with E-state index in [0.29, 0.717) is 11.1 Å². The normalized spacial score (nSPS) is 26.2. The Kier molecular flexibility index (Phi) is 5.07. The first-order valence-electron chi connectivity index (χ1n) is 9.09. The molecule has 2 fully saturated rings. The van der Waals surface area contributed by atoms with Crippen molar-refractivity contribution in [3.05, 3.63) is 36.2 Å². The predicted octanol–water partition coefficient (Wildman–Crippen LogP) is 2.57. The maximum absolute atomic E-state index is 11.8. The number of sulfone groups is 1. The van der Waals surface area contributed by atoms with Gasteiger partial charge in [-0.2, -0.15) is 0 Å². The molecule has 8 heteroatoms. The average molecular weight is 394 g/mol. The van der Waals surface area contributed by atoms with Crippen LogP contribution in [0, 0.1) is 0 Å². The lowest BCUT2D eigenvalue weighted by molar-refractivity contribution is 0.207. The van der Waals surface area contributed by atoms with Crippen LogP contribution in [-0.2, 0) is 9.84 Å². The summed E-state index contributed by atoms with van der Waals surface area (Å²) in [6, 6.07) is 9.92. The molecule has 1 N–H and O–H groups in total. The van der Waals surface area contributed by atoms with E-state index in [0.717, 1.165) is 24.4 Å². The van der Waals surface area contributed by atoms with Crippen molar-refractivity contribution in [2.45, 2.75) is 54.5 Å². The van der Waals surface area contributed by atoms with Crippen LogP contribution in [0.5, 0.6) is 0 Å². The van der Waals surface area contributed by atoms with E-state index in [2.05, 4.69) is 5.10 Å². The van der Waals surface area contributed by atoms with Gasteiger partial charge in [-0.25, -0.2) is 18.1 Å². The lowest BCUT2D eigenvalue weighted by atomic mass is 9.88. The molecule has 0 unspecified atom stereocenters. The molecule has 1 saturated heterocycles. The van der Waals surface area contributed by atoms with Crippen molar-refractivity contribution in [2.75, 3.05) is 11.5 Å². The number of thioether (sulfide) groups is 1. The Bertz CT molecular complexity index is 861. The van der Waals surface area contributed by atoms with E-state index < -0.39 is 21.2 Å². The third-order valence-electron chi connectivity index (χ3n) is 5.11. The van der Waals surface area contributed by atoms with Gasteiger partial charge in [0.15, 0.2) is 9.84 Å². The summed E-state index contributed by atoms with van der Waals surface area (Å²) in [4.78, 5) is 4.76. The monoisotopic (exact) mass is 393 g/mol. The van der Waals surface area contributed by atoms with Crippen molar-refractivity contribution >= 4 is 21.6 Å². The highest BCUT2D eigenvalue weighted by molar-refractivity contribution is 8.01. The second-order valence-electron chi connectivity index (χ2n) is 7.14. The number of aliphatic hydroxyl groups excluding tert-OH is 1. The summed E-state index contributed by atoms with van der Waals surface area (Å²) >= 11 is 1.28. The third-order valence-corrected chi connectivity index (χ3v) is 8.21. The molecule has 4 rings (SSSR count). The van der Waals surface area contributed by atoms with Crippen LogP contribution in [0.4, 0.5) is 0 Å². The van der Waals surface area contributed by atoms with Crippen molar-refractivity contribution in [1.29, 1.82) is 0 Å². The molecular weight excluding hydrogens is 370 g/mol. The summed E-state index contributed by atoms with van der Waals surface area (Å²) < 4.78 is 25.4. The molecule has 2 heterocycles. The zero-order valence-corrected chi connectivity index (χ0v) is 16.1. The summed E-state index contributed by atoms with van der Waals surface area (Å²) in [5.74, 6) is 1.15. The number of hydrogen-bond acceptors (Lipinski definition) is 6. The topological polar surface area (TPSA) is 85.1 Å². The van der Waals surface area contributed by atoms with E-state index in [9.17, 15) is 13.5 Å². The molecule has 1 aromatic heterocycles. The van der Waals surface area contributed by atoms with Crippen LogP contribution in [0.2, 0.25) is 0 Å². The number of aliphatic hydroxyl groups is 1. The van der Waals surface area contributed by atoms with Crippen LogP contribution < -0.4 is 0 Å². The van der Waals surface area contributed by atoms with Crippen LogP contribution in [0.3, 0.4) is 0 Å². The first-order chi connectivity index (χ1) is 12.5. The Morgan fingerprint density at radius 1 is 1.08 bits per heavy atom. The van der Waals surface area contributed by atoms with E-state index in [1.807, 2.05) is 35.0 Å². The fourth-order valence-corrected chi connectivity index (χ4v) is 7.21. The van der Waals surface area contributed by atoms with Gasteiger partial charge in [0.05, 0.1) is 28.5 Å². The van der Waals surface area contributed by atoms with Crippen LogP contribution in [-0.4, -0.2) is 51.1 Å². The molecule has 140 valence electrons. The molecule has 0 spiro atoms. The Balaban J connectivity index is 1.65. The number of rotatable bonds is 4. The Morgan fingerprint density at radius 3 is 2.46 bits per heavy atom. The quantitative estimate of drug-likeness (QED) is 0.859. The number of para-hydroxylation sites is 1. The Labute approximate surface area is 157 Å². The van der Waals surface area contributed by atoms with Gasteiger partial charge < -0.3 is 5.11 Å². The summed E-state index contributed by atoms with van der Waals surface area (Å²) in [5, 5.41) is 14.9. The number of nitrogens with zero attached hydrogens (tertiary/aromatic N) is 3. The maximum atomic E-state index is 11.8. The van der Waals surface area contributed by atoms with Crippen LogP contribution in [0.25, 0.3) is 5.69 Å². The summed E-state index contributed by atoms with van der Waals surface area (Å²) in [5.41, 5.74) is 0.965. The zero-order valence-electron chi connectivity index (χ0n) is 14.5. The van der Waals surface area contributed by atoms with Gasteiger partial charge in [0, 0.05) is 5.92 Å². The Hall–Kier alpha value is -1.38. The van der Waals surface area contributed by atoms with E-state index in [-0.39, 0.29) is 11.5 Å². The van der Waals surface area contributed by atoms with Crippen molar-refractivity contribution in [3.63, 3.8) is 0 Å². The highest BCUT2D eigenvalue weighted by Gasteiger charge is 2.38. The van der Waals surface area contributed by atoms with E-state index in [4.69, 9.17) is 4.98 Å². The van der Waals surface area contributed by atoms with Crippen LogP contribution >= 0.6 is 11.8 Å². The lowest BCUT2D eigenvalue weighted by Gasteiger charge is -2.21. The first kappa shape index (κ1) is 18.0. The summed E-state index contributed by atoms with van der Waals surface area (Å²) in [7, 11) is -3.17. The number of aromatic nitrogens is 3. The van der Waals surface area contributed by atoms with Crippen molar-refractivity contribution in [1.82, 2.24) is 14.8 Å². The number of benzene rings is 1. The van der Waals surface area contributed by atoms with Crippen molar-refractivity contribution < 1.29 is 13.5 Å².